The number of carbonyl (C=O) groups excluding carboxylic acids is 1. The molecule has 6 nitrogen and oxygen atoms in total. The van der Waals surface area contributed by atoms with Crippen molar-refractivity contribution in [3.8, 4) is 11.6 Å². The van der Waals surface area contributed by atoms with Crippen molar-refractivity contribution >= 4 is 23.2 Å². The molecule has 5 rings (SSSR count). The highest BCUT2D eigenvalue weighted by Gasteiger charge is 2.28. The Kier molecular flexibility index (Phi) is 6.08. The second-order valence-electron chi connectivity index (χ2n) is 8.54. The van der Waals surface area contributed by atoms with Crippen molar-refractivity contribution in [2.45, 2.75) is 45.6 Å². The van der Waals surface area contributed by atoms with Gasteiger partial charge in [0.2, 0.25) is 17.7 Å². The fraction of sp³-hybridized carbons (Fsp3) is 0.400. The van der Waals surface area contributed by atoms with Crippen molar-refractivity contribution in [3.63, 3.8) is 0 Å². The van der Waals surface area contributed by atoms with Crippen molar-refractivity contribution < 1.29 is 9.53 Å². The lowest BCUT2D eigenvalue weighted by molar-refractivity contribution is -0.131. The quantitative estimate of drug-likeness (QED) is 0.563. The first-order valence-corrected chi connectivity index (χ1v) is 12.2. The summed E-state index contributed by atoms with van der Waals surface area (Å²) in [6, 6.07) is 12.0. The van der Waals surface area contributed by atoms with Crippen LogP contribution < -0.4 is 9.64 Å². The summed E-state index contributed by atoms with van der Waals surface area (Å²) in [4.78, 5) is 28.0. The minimum Gasteiger partial charge on any atom is -0.438 e. The maximum absolute atomic E-state index is 12.9. The Morgan fingerprint density at radius 3 is 2.62 bits per heavy atom. The van der Waals surface area contributed by atoms with Crippen molar-refractivity contribution in [2.24, 2.45) is 0 Å². The second-order valence-corrected chi connectivity index (χ2v) is 9.57. The predicted molar refractivity (Wildman–Crippen MR) is 126 cm³/mol. The van der Waals surface area contributed by atoms with E-state index in [2.05, 4.69) is 11.8 Å². The second kappa shape index (κ2) is 9.28. The van der Waals surface area contributed by atoms with Crippen LogP contribution in [-0.2, 0) is 24.2 Å². The molecule has 0 radical (unpaired) electrons. The summed E-state index contributed by atoms with van der Waals surface area (Å²) in [6.07, 6.45) is 4.75. The molecular weight excluding hydrogens is 420 g/mol. The summed E-state index contributed by atoms with van der Waals surface area (Å²) >= 11 is 1.62. The lowest BCUT2D eigenvalue weighted by Crippen LogP contribution is -2.38. The molecule has 4 heterocycles. The lowest BCUT2D eigenvalue weighted by Gasteiger charge is -2.32. The number of anilines is 1. The van der Waals surface area contributed by atoms with Crippen molar-refractivity contribution in [2.75, 3.05) is 24.5 Å². The van der Waals surface area contributed by atoms with E-state index in [9.17, 15) is 4.79 Å². The first-order valence-electron chi connectivity index (χ1n) is 11.3. The minimum atomic E-state index is 0.138. The molecule has 1 amide bonds. The van der Waals surface area contributed by atoms with E-state index in [1.807, 2.05) is 46.7 Å². The monoisotopic (exact) mass is 448 g/mol. The largest absolute Gasteiger partial charge is 0.438 e. The summed E-state index contributed by atoms with van der Waals surface area (Å²) in [5.41, 5.74) is 3.11. The Morgan fingerprint density at radius 1 is 1.06 bits per heavy atom. The number of rotatable bonds is 5. The smallest absolute Gasteiger partial charge is 0.229 e. The summed E-state index contributed by atoms with van der Waals surface area (Å²) < 4.78 is 6.28. The van der Waals surface area contributed by atoms with E-state index in [1.54, 1.807) is 11.3 Å². The normalized spacial score (nSPS) is 16.0. The number of nitrogens with zero attached hydrogens (tertiary/aromatic N) is 4. The molecule has 0 bridgehead atoms. The number of fused-ring (bicyclic) bond motifs is 1. The van der Waals surface area contributed by atoms with E-state index in [0.29, 0.717) is 25.4 Å². The molecule has 0 spiro atoms. The molecule has 2 aliphatic heterocycles. The molecule has 1 aromatic carbocycles. The fourth-order valence-electron chi connectivity index (χ4n) is 4.30. The molecule has 2 aliphatic rings. The van der Waals surface area contributed by atoms with Crippen LogP contribution in [0.3, 0.4) is 0 Å². The average molecular weight is 449 g/mol. The van der Waals surface area contributed by atoms with E-state index in [4.69, 9.17) is 14.7 Å². The standard InChI is InChI=1S/C25H28N4O2S/c1-18-7-9-19(10-8-18)31-24-21-17-29(23(30)16-20-6-5-15-32-20)14-11-22(21)26-25(27-24)28-12-3-2-4-13-28/h5-10,15H,2-4,11-14,16-17H2,1H3. The Labute approximate surface area is 192 Å². The number of carbonyl (C=O) groups is 1. The van der Waals surface area contributed by atoms with Crippen LogP contribution in [0.25, 0.3) is 0 Å². The third kappa shape index (κ3) is 4.63. The molecule has 1 saturated heterocycles. The number of thiophene rings is 1. The molecule has 0 aliphatic carbocycles. The van der Waals surface area contributed by atoms with E-state index in [-0.39, 0.29) is 5.91 Å². The van der Waals surface area contributed by atoms with Crippen LogP contribution in [0.15, 0.2) is 41.8 Å². The van der Waals surface area contributed by atoms with Crippen LogP contribution >= 0.6 is 11.3 Å². The molecule has 7 heteroatoms. The van der Waals surface area contributed by atoms with Gasteiger partial charge in [0, 0.05) is 30.9 Å². The number of piperidine rings is 1. The molecule has 0 unspecified atom stereocenters. The highest BCUT2D eigenvalue weighted by atomic mass is 32.1. The van der Waals surface area contributed by atoms with Crippen LogP contribution in [0.5, 0.6) is 11.6 Å². The Morgan fingerprint density at radius 2 is 1.88 bits per heavy atom. The van der Waals surface area contributed by atoms with Gasteiger partial charge in [-0.05, 0) is 49.8 Å². The molecule has 32 heavy (non-hydrogen) atoms. The molecule has 0 saturated carbocycles. The maximum atomic E-state index is 12.9. The molecule has 1 fully saturated rings. The topological polar surface area (TPSA) is 58.6 Å². The third-order valence-corrected chi connectivity index (χ3v) is 7.02. The van der Waals surface area contributed by atoms with Gasteiger partial charge in [0.1, 0.15) is 5.75 Å². The van der Waals surface area contributed by atoms with E-state index < -0.39 is 0 Å². The average Bonchev–Trinajstić information content (AvgIpc) is 3.34. The molecule has 166 valence electrons. The first-order chi connectivity index (χ1) is 15.7. The summed E-state index contributed by atoms with van der Waals surface area (Å²) in [7, 11) is 0. The number of amides is 1. The van der Waals surface area contributed by atoms with E-state index in [0.717, 1.165) is 47.3 Å². The summed E-state index contributed by atoms with van der Waals surface area (Å²) in [5, 5.41) is 2.01. The van der Waals surface area contributed by atoms with Crippen LogP contribution in [0.2, 0.25) is 0 Å². The number of ether oxygens (including phenoxy) is 1. The van der Waals surface area contributed by atoms with E-state index in [1.165, 1.54) is 24.8 Å². The van der Waals surface area contributed by atoms with Gasteiger partial charge in [-0.15, -0.1) is 11.3 Å². The van der Waals surface area contributed by atoms with Gasteiger partial charge in [0.15, 0.2) is 0 Å². The van der Waals surface area contributed by atoms with Gasteiger partial charge >= 0.3 is 0 Å². The lowest BCUT2D eigenvalue weighted by atomic mass is 10.1. The number of aryl methyl sites for hydroxylation is 1. The van der Waals surface area contributed by atoms with Crippen molar-refractivity contribution in [3.05, 3.63) is 63.5 Å². The van der Waals surface area contributed by atoms with Gasteiger partial charge in [-0.1, -0.05) is 23.8 Å². The maximum Gasteiger partial charge on any atom is 0.229 e. The van der Waals surface area contributed by atoms with E-state index >= 15 is 0 Å². The van der Waals surface area contributed by atoms with Crippen LogP contribution in [-0.4, -0.2) is 40.4 Å². The Hall–Kier alpha value is -2.93. The summed E-state index contributed by atoms with van der Waals surface area (Å²) in [5.74, 6) is 2.22. The molecule has 0 atom stereocenters. The highest BCUT2D eigenvalue weighted by molar-refractivity contribution is 7.10. The zero-order valence-electron chi connectivity index (χ0n) is 18.4. The highest BCUT2D eigenvalue weighted by Crippen LogP contribution is 2.32. The fourth-order valence-corrected chi connectivity index (χ4v) is 4.99. The van der Waals surface area contributed by atoms with Crippen molar-refractivity contribution in [1.82, 2.24) is 14.9 Å². The predicted octanol–water partition coefficient (Wildman–Crippen LogP) is 4.76. The Balaban J connectivity index is 1.44. The molecule has 3 aromatic rings. The number of aromatic nitrogens is 2. The van der Waals surface area contributed by atoms with Crippen LogP contribution in [0.1, 0.15) is 41.0 Å². The zero-order chi connectivity index (χ0) is 21.9. The number of hydrogen-bond acceptors (Lipinski definition) is 6. The van der Waals surface area contributed by atoms with Crippen molar-refractivity contribution in [1.29, 1.82) is 0 Å². The molecule has 2 aromatic heterocycles. The molecular formula is C25H28N4O2S. The number of hydrogen-bond donors (Lipinski definition) is 0. The Bertz CT molecular complexity index is 1080. The van der Waals surface area contributed by atoms with Gasteiger partial charge < -0.3 is 14.5 Å². The van der Waals surface area contributed by atoms with Crippen LogP contribution in [0, 0.1) is 6.92 Å². The number of benzene rings is 1. The van der Waals surface area contributed by atoms with Gasteiger partial charge in [0.25, 0.3) is 0 Å². The van der Waals surface area contributed by atoms with Crippen LogP contribution in [0.4, 0.5) is 5.95 Å². The third-order valence-electron chi connectivity index (χ3n) is 6.14. The SMILES string of the molecule is Cc1ccc(Oc2nc(N3CCCCC3)nc3c2CN(C(=O)Cc2cccs2)CC3)cc1. The van der Waals surface area contributed by atoms with Gasteiger partial charge in [0.05, 0.1) is 24.2 Å². The summed E-state index contributed by atoms with van der Waals surface area (Å²) in [6.45, 7) is 5.18. The molecule has 0 N–H and O–H groups in total. The van der Waals surface area contributed by atoms with Gasteiger partial charge in [-0.25, -0.2) is 4.98 Å². The zero-order valence-corrected chi connectivity index (χ0v) is 19.2. The first kappa shape index (κ1) is 20.9. The minimum absolute atomic E-state index is 0.138. The van der Waals surface area contributed by atoms with Gasteiger partial charge in [-0.2, -0.15) is 4.98 Å². The van der Waals surface area contributed by atoms with Gasteiger partial charge in [-0.3, -0.25) is 4.79 Å².